The topological polar surface area (TPSA) is 145 Å². The van der Waals surface area contributed by atoms with Crippen LogP contribution in [0.25, 0.3) is 10.8 Å². The van der Waals surface area contributed by atoms with Gasteiger partial charge in [-0.2, -0.15) is 0 Å². The summed E-state index contributed by atoms with van der Waals surface area (Å²) in [5.74, 6) is -0.664. The molecule has 0 unspecified atom stereocenters. The highest BCUT2D eigenvalue weighted by atomic mass is 32.2. The summed E-state index contributed by atoms with van der Waals surface area (Å²) in [6.45, 7) is 5.12. The SMILES string of the molecule is C=CN.CNOCCNC(=O)Cn1c(C)ccc(NS(=O)(=O)Cc2ccc3ccccc3c2)c1=O. The van der Waals surface area contributed by atoms with Gasteiger partial charge in [0.05, 0.1) is 12.4 Å². The second-order valence-corrected chi connectivity index (χ2v) is 9.18. The van der Waals surface area contributed by atoms with Crippen molar-refractivity contribution in [1.29, 1.82) is 0 Å². The Bertz CT molecular complexity index is 1320. The van der Waals surface area contributed by atoms with Crippen LogP contribution >= 0.6 is 0 Å². The molecule has 11 heteroatoms. The Morgan fingerprint density at radius 3 is 2.51 bits per heavy atom. The van der Waals surface area contributed by atoms with Crippen LogP contribution in [0.5, 0.6) is 0 Å². The minimum atomic E-state index is -3.84. The third kappa shape index (κ3) is 8.56. The number of nitrogens with one attached hydrogen (secondary N) is 3. The van der Waals surface area contributed by atoms with E-state index in [4.69, 9.17) is 4.84 Å². The van der Waals surface area contributed by atoms with Gasteiger partial charge in [0, 0.05) is 19.3 Å². The average molecular weight is 502 g/mol. The van der Waals surface area contributed by atoms with Gasteiger partial charge in [-0.3, -0.25) is 14.3 Å². The molecule has 0 aliphatic carbocycles. The summed E-state index contributed by atoms with van der Waals surface area (Å²) < 4.78 is 29.0. The molecule has 2 aromatic carbocycles. The number of hydroxylamine groups is 1. The van der Waals surface area contributed by atoms with Crippen LogP contribution < -0.4 is 26.8 Å². The van der Waals surface area contributed by atoms with E-state index < -0.39 is 15.6 Å². The second kappa shape index (κ2) is 13.3. The third-order valence-corrected chi connectivity index (χ3v) is 6.05. The van der Waals surface area contributed by atoms with Crippen molar-refractivity contribution in [3.63, 3.8) is 0 Å². The highest BCUT2D eigenvalue weighted by molar-refractivity contribution is 7.91. The van der Waals surface area contributed by atoms with E-state index in [1.54, 1.807) is 26.1 Å². The lowest BCUT2D eigenvalue weighted by molar-refractivity contribution is -0.122. The fourth-order valence-corrected chi connectivity index (χ4v) is 4.42. The lowest BCUT2D eigenvalue weighted by Gasteiger charge is -2.14. The van der Waals surface area contributed by atoms with E-state index in [1.165, 1.54) is 16.8 Å². The van der Waals surface area contributed by atoms with Crippen LogP contribution in [0.2, 0.25) is 0 Å². The molecular weight excluding hydrogens is 470 g/mol. The van der Waals surface area contributed by atoms with E-state index >= 15 is 0 Å². The average Bonchev–Trinajstić information content (AvgIpc) is 2.81. The molecule has 0 saturated heterocycles. The summed E-state index contributed by atoms with van der Waals surface area (Å²) in [6, 6.07) is 16.1. The van der Waals surface area contributed by atoms with Gasteiger partial charge in [0.2, 0.25) is 15.9 Å². The molecular formula is C24H31N5O5S. The Morgan fingerprint density at radius 2 is 1.83 bits per heavy atom. The molecule has 3 aromatic rings. The number of fused-ring (bicyclic) bond motifs is 1. The first-order valence-corrected chi connectivity index (χ1v) is 12.4. The molecule has 1 aromatic heterocycles. The molecule has 0 saturated carbocycles. The summed E-state index contributed by atoms with van der Waals surface area (Å²) in [5.41, 5.74) is 7.55. The van der Waals surface area contributed by atoms with E-state index in [0.717, 1.165) is 10.8 Å². The Morgan fingerprint density at radius 1 is 1.14 bits per heavy atom. The molecule has 35 heavy (non-hydrogen) atoms. The van der Waals surface area contributed by atoms with Crippen molar-refractivity contribution in [3.8, 4) is 0 Å². The van der Waals surface area contributed by atoms with Crippen LogP contribution in [-0.2, 0) is 32.0 Å². The number of nitrogens with zero attached hydrogens (tertiary/aromatic N) is 1. The largest absolute Gasteiger partial charge is 0.405 e. The standard InChI is InChI=1S/C22H26N4O5S.C2H5N/c1-16-7-10-20(22(28)26(16)14-21(27)24-11-12-31-23-2)25-32(29,30)15-17-8-9-18-5-3-4-6-19(18)13-17;1-2-3/h3-10,13,23,25H,11-12,14-15H2,1-2H3,(H,24,27);2H,1,3H2. The number of rotatable bonds is 10. The number of hydrogen-bond donors (Lipinski definition) is 4. The Kier molecular flexibility index (Phi) is 10.5. The van der Waals surface area contributed by atoms with Crippen molar-refractivity contribution in [3.05, 3.63) is 89.0 Å². The zero-order valence-corrected chi connectivity index (χ0v) is 20.6. The van der Waals surface area contributed by atoms with Crippen LogP contribution in [0.1, 0.15) is 11.3 Å². The van der Waals surface area contributed by atoms with Crippen molar-refractivity contribution in [2.24, 2.45) is 5.73 Å². The maximum absolute atomic E-state index is 12.8. The molecule has 1 amide bonds. The molecule has 5 N–H and O–H groups in total. The molecule has 0 aliphatic heterocycles. The van der Waals surface area contributed by atoms with Gasteiger partial charge in [-0.05, 0) is 41.6 Å². The predicted molar refractivity (Wildman–Crippen MR) is 138 cm³/mol. The first-order valence-electron chi connectivity index (χ1n) is 10.8. The number of hydrogen-bond acceptors (Lipinski definition) is 7. The molecule has 0 aliphatic rings. The monoisotopic (exact) mass is 501 g/mol. The van der Waals surface area contributed by atoms with Gasteiger partial charge in [-0.1, -0.05) is 49.0 Å². The fourth-order valence-electron chi connectivity index (χ4n) is 3.24. The minimum absolute atomic E-state index is 0.109. The number of aryl methyl sites for hydroxylation is 1. The van der Waals surface area contributed by atoms with Gasteiger partial charge in [0.25, 0.3) is 5.56 Å². The number of benzene rings is 2. The lowest BCUT2D eigenvalue weighted by Crippen LogP contribution is -2.36. The van der Waals surface area contributed by atoms with Crippen LogP contribution in [0.15, 0.2) is 72.2 Å². The predicted octanol–water partition coefficient (Wildman–Crippen LogP) is 1.61. The first-order chi connectivity index (χ1) is 16.7. The van der Waals surface area contributed by atoms with Crippen LogP contribution in [0.3, 0.4) is 0 Å². The van der Waals surface area contributed by atoms with Gasteiger partial charge in [-0.25, -0.2) is 13.9 Å². The van der Waals surface area contributed by atoms with Crippen LogP contribution in [0, 0.1) is 6.92 Å². The highest BCUT2D eigenvalue weighted by Crippen LogP contribution is 2.18. The van der Waals surface area contributed by atoms with Crippen molar-refractivity contribution in [2.75, 3.05) is 24.9 Å². The zero-order chi connectivity index (χ0) is 25.8. The van der Waals surface area contributed by atoms with Crippen molar-refractivity contribution >= 4 is 32.4 Å². The quantitative estimate of drug-likeness (QED) is 0.244. The normalized spacial score (nSPS) is 10.8. The summed E-state index contributed by atoms with van der Waals surface area (Å²) in [6.07, 6.45) is 1.25. The Labute approximate surface area is 204 Å². The van der Waals surface area contributed by atoms with E-state index in [2.05, 4.69) is 27.8 Å². The maximum Gasteiger partial charge on any atom is 0.275 e. The second-order valence-electron chi connectivity index (χ2n) is 7.46. The van der Waals surface area contributed by atoms with E-state index in [9.17, 15) is 18.0 Å². The fraction of sp³-hybridized carbons (Fsp3) is 0.250. The molecule has 188 valence electrons. The summed E-state index contributed by atoms with van der Waals surface area (Å²) in [5, 5.41) is 4.58. The number of anilines is 1. The van der Waals surface area contributed by atoms with E-state index in [0.29, 0.717) is 11.3 Å². The lowest BCUT2D eigenvalue weighted by atomic mass is 10.1. The molecule has 0 atom stereocenters. The molecule has 1 heterocycles. The zero-order valence-electron chi connectivity index (χ0n) is 19.8. The molecule has 0 spiro atoms. The molecule has 10 nitrogen and oxygen atoms in total. The van der Waals surface area contributed by atoms with E-state index in [1.807, 2.05) is 36.4 Å². The number of carbonyl (C=O) groups is 1. The van der Waals surface area contributed by atoms with Gasteiger partial charge in [-0.15, -0.1) is 0 Å². The Hall–Kier alpha value is -3.67. The molecule has 3 rings (SSSR count). The number of nitrogens with two attached hydrogens (primary N) is 1. The summed E-state index contributed by atoms with van der Waals surface area (Å²) >= 11 is 0. The molecule has 0 radical (unpaired) electrons. The van der Waals surface area contributed by atoms with Crippen molar-refractivity contribution < 1.29 is 18.0 Å². The van der Waals surface area contributed by atoms with Crippen LogP contribution in [-0.4, -0.2) is 39.1 Å². The number of aromatic nitrogens is 1. The number of amides is 1. The number of sulfonamides is 1. The summed E-state index contributed by atoms with van der Waals surface area (Å²) in [4.78, 5) is 29.9. The summed E-state index contributed by atoms with van der Waals surface area (Å²) in [7, 11) is -2.24. The van der Waals surface area contributed by atoms with E-state index in [-0.39, 0.29) is 37.0 Å². The smallest absolute Gasteiger partial charge is 0.275 e. The first kappa shape index (κ1) is 27.6. The van der Waals surface area contributed by atoms with Gasteiger partial charge in [0.15, 0.2) is 0 Å². The van der Waals surface area contributed by atoms with Crippen LogP contribution in [0.4, 0.5) is 5.69 Å². The van der Waals surface area contributed by atoms with Crippen molar-refractivity contribution in [1.82, 2.24) is 15.4 Å². The Balaban J connectivity index is 0.00000137. The number of pyridine rings is 1. The van der Waals surface area contributed by atoms with Gasteiger partial charge < -0.3 is 20.5 Å². The molecule has 0 bridgehead atoms. The van der Waals surface area contributed by atoms with Gasteiger partial charge >= 0.3 is 0 Å². The number of carbonyl (C=O) groups excluding carboxylic acids is 1. The van der Waals surface area contributed by atoms with Gasteiger partial charge in [0.1, 0.15) is 12.2 Å². The third-order valence-electron chi connectivity index (χ3n) is 4.80. The highest BCUT2D eigenvalue weighted by Gasteiger charge is 2.17. The van der Waals surface area contributed by atoms with Crippen molar-refractivity contribution in [2.45, 2.75) is 19.2 Å². The molecule has 0 fully saturated rings. The minimum Gasteiger partial charge on any atom is -0.405 e. The maximum atomic E-state index is 12.8.